The molecule has 1 aliphatic carbocycles. The Bertz CT molecular complexity index is 551. The molecule has 0 unspecified atom stereocenters. The van der Waals surface area contributed by atoms with Crippen LogP contribution >= 0.6 is 0 Å². The molecule has 0 aromatic carbocycles. The number of hydrogen-bond donors (Lipinski definition) is 0. The van der Waals surface area contributed by atoms with Crippen LogP contribution in [0.2, 0.25) is 0 Å². The lowest BCUT2D eigenvalue weighted by atomic mass is 9.77. The van der Waals surface area contributed by atoms with Crippen molar-refractivity contribution in [3.8, 4) is 0 Å². The van der Waals surface area contributed by atoms with Crippen LogP contribution in [0, 0.1) is 11.8 Å². The standard InChI is InChI=1S/C18H25NO4/c1-11(2)22-17(21)14-13-8-9-18(23-13)10-19(16(20)15(14)18)12-6-4-3-5-7-12/h8-9,11-15H,3-7,10H2,1-2H3/t13-,14-,15+,18+/m1/s1. The Labute approximate surface area is 137 Å². The van der Waals surface area contributed by atoms with E-state index in [-0.39, 0.29) is 24.1 Å². The van der Waals surface area contributed by atoms with Crippen LogP contribution < -0.4 is 0 Å². The van der Waals surface area contributed by atoms with Gasteiger partial charge in [0.1, 0.15) is 11.5 Å². The highest BCUT2D eigenvalue weighted by molar-refractivity contribution is 5.91. The maximum atomic E-state index is 13.1. The quantitative estimate of drug-likeness (QED) is 0.590. The summed E-state index contributed by atoms with van der Waals surface area (Å²) in [5, 5.41) is 0. The molecular weight excluding hydrogens is 294 g/mol. The number of esters is 1. The average molecular weight is 319 g/mol. The number of amides is 1. The van der Waals surface area contributed by atoms with Gasteiger partial charge in [-0.3, -0.25) is 9.59 Å². The fourth-order valence-electron chi connectivity index (χ4n) is 4.81. The van der Waals surface area contributed by atoms with Gasteiger partial charge in [0.25, 0.3) is 0 Å². The van der Waals surface area contributed by atoms with Crippen LogP contribution in [-0.4, -0.2) is 47.2 Å². The van der Waals surface area contributed by atoms with E-state index >= 15 is 0 Å². The van der Waals surface area contributed by atoms with Crippen LogP contribution in [0.5, 0.6) is 0 Å². The van der Waals surface area contributed by atoms with Gasteiger partial charge in [0.2, 0.25) is 5.91 Å². The lowest BCUT2D eigenvalue weighted by molar-refractivity contribution is -0.157. The molecule has 23 heavy (non-hydrogen) atoms. The predicted octanol–water partition coefficient (Wildman–Crippen LogP) is 2.05. The van der Waals surface area contributed by atoms with Crippen molar-refractivity contribution in [2.24, 2.45) is 11.8 Å². The molecule has 3 fully saturated rings. The minimum atomic E-state index is -0.597. The van der Waals surface area contributed by atoms with Crippen molar-refractivity contribution in [2.75, 3.05) is 6.54 Å². The summed E-state index contributed by atoms with van der Waals surface area (Å²) in [6, 6.07) is 0.314. The Hall–Kier alpha value is -1.36. The van der Waals surface area contributed by atoms with Gasteiger partial charge in [0.15, 0.2) is 0 Å². The Morgan fingerprint density at radius 2 is 2.09 bits per heavy atom. The number of nitrogens with zero attached hydrogens (tertiary/aromatic N) is 1. The largest absolute Gasteiger partial charge is 0.463 e. The minimum absolute atomic E-state index is 0.0921. The third-order valence-electron chi connectivity index (χ3n) is 5.77. The number of hydrogen-bond acceptors (Lipinski definition) is 4. The Balaban J connectivity index is 1.59. The molecule has 1 spiro atoms. The lowest BCUT2D eigenvalue weighted by Gasteiger charge is -2.32. The van der Waals surface area contributed by atoms with Crippen LogP contribution in [0.15, 0.2) is 12.2 Å². The van der Waals surface area contributed by atoms with Crippen molar-refractivity contribution in [1.82, 2.24) is 4.90 Å². The van der Waals surface area contributed by atoms with Crippen molar-refractivity contribution >= 4 is 11.9 Å². The van der Waals surface area contributed by atoms with E-state index in [2.05, 4.69) is 0 Å². The van der Waals surface area contributed by atoms with E-state index in [0.717, 1.165) is 12.8 Å². The first-order chi connectivity index (χ1) is 11.0. The highest BCUT2D eigenvalue weighted by Gasteiger charge is 2.67. The summed E-state index contributed by atoms with van der Waals surface area (Å²) < 4.78 is 11.5. The summed E-state index contributed by atoms with van der Waals surface area (Å²) >= 11 is 0. The Morgan fingerprint density at radius 3 is 2.78 bits per heavy atom. The Morgan fingerprint density at radius 1 is 1.35 bits per heavy atom. The summed E-state index contributed by atoms with van der Waals surface area (Å²) in [5.41, 5.74) is -0.597. The van der Waals surface area contributed by atoms with E-state index in [4.69, 9.17) is 9.47 Å². The van der Waals surface area contributed by atoms with E-state index in [9.17, 15) is 9.59 Å². The zero-order chi connectivity index (χ0) is 16.2. The molecule has 4 atom stereocenters. The van der Waals surface area contributed by atoms with Crippen LogP contribution in [0.1, 0.15) is 46.0 Å². The molecule has 0 aromatic heterocycles. The van der Waals surface area contributed by atoms with Gasteiger partial charge in [-0.05, 0) is 26.7 Å². The number of fused-ring (bicyclic) bond motifs is 1. The number of carbonyl (C=O) groups excluding carboxylic acids is 2. The molecule has 3 aliphatic heterocycles. The molecular formula is C18H25NO4. The van der Waals surface area contributed by atoms with Gasteiger partial charge in [0, 0.05) is 6.04 Å². The second kappa shape index (κ2) is 5.33. The van der Waals surface area contributed by atoms with Gasteiger partial charge in [-0.1, -0.05) is 31.4 Å². The molecule has 4 rings (SSSR count). The zero-order valence-corrected chi connectivity index (χ0v) is 13.9. The normalized spacial score (nSPS) is 39.3. The number of likely N-dealkylation sites (tertiary alicyclic amines) is 1. The molecule has 3 heterocycles. The molecule has 5 nitrogen and oxygen atoms in total. The van der Waals surface area contributed by atoms with Crippen molar-refractivity contribution < 1.29 is 19.1 Å². The maximum absolute atomic E-state index is 13.1. The van der Waals surface area contributed by atoms with Crippen LogP contribution in [0.3, 0.4) is 0 Å². The molecule has 1 amide bonds. The molecule has 1 saturated carbocycles. The van der Waals surface area contributed by atoms with Gasteiger partial charge >= 0.3 is 5.97 Å². The fraction of sp³-hybridized carbons (Fsp3) is 0.778. The molecule has 2 bridgehead atoms. The van der Waals surface area contributed by atoms with E-state index in [1.54, 1.807) is 0 Å². The zero-order valence-electron chi connectivity index (χ0n) is 13.9. The number of rotatable bonds is 3. The lowest BCUT2D eigenvalue weighted by Crippen LogP contribution is -2.42. The topological polar surface area (TPSA) is 55.8 Å². The van der Waals surface area contributed by atoms with Crippen LogP contribution in [0.4, 0.5) is 0 Å². The molecule has 4 aliphatic rings. The van der Waals surface area contributed by atoms with Crippen molar-refractivity contribution in [2.45, 2.75) is 69.8 Å². The van der Waals surface area contributed by atoms with Crippen molar-refractivity contribution in [1.29, 1.82) is 0 Å². The van der Waals surface area contributed by atoms with Gasteiger partial charge in [-0.15, -0.1) is 0 Å². The first-order valence-corrected chi connectivity index (χ1v) is 8.90. The first-order valence-electron chi connectivity index (χ1n) is 8.90. The molecule has 0 aromatic rings. The third-order valence-corrected chi connectivity index (χ3v) is 5.77. The molecule has 2 saturated heterocycles. The molecule has 126 valence electrons. The van der Waals surface area contributed by atoms with Crippen LogP contribution in [-0.2, 0) is 19.1 Å². The Kier molecular flexibility index (Phi) is 3.52. The highest BCUT2D eigenvalue weighted by Crippen LogP contribution is 2.53. The number of carbonyl (C=O) groups is 2. The minimum Gasteiger partial charge on any atom is -0.463 e. The van der Waals surface area contributed by atoms with Crippen molar-refractivity contribution in [3.63, 3.8) is 0 Å². The average Bonchev–Trinajstić information content (AvgIpc) is 3.16. The van der Waals surface area contributed by atoms with E-state index in [1.165, 1.54) is 19.3 Å². The summed E-state index contributed by atoms with van der Waals surface area (Å²) in [7, 11) is 0. The van der Waals surface area contributed by atoms with Gasteiger partial charge < -0.3 is 14.4 Å². The highest BCUT2D eigenvalue weighted by atomic mass is 16.6. The van der Waals surface area contributed by atoms with E-state index in [1.807, 2.05) is 30.9 Å². The smallest absolute Gasteiger partial charge is 0.313 e. The van der Waals surface area contributed by atoms with Gasteiger partial charge in [0.05, 0.1) is 24.7 Å². The molecule has 0 N–H and O–H groups in total. The summed E-state index contributed by atoms with van der Waals surface area (Å²) in [4.78, 5) is 27.6. The summed E-state index contributed by atoms with van der Waals surface area (Å²) in [5.74, 6) is -1.08. The van der Waals surface area contributed by atoms with E-state index < -0.39 is 17.4 Å². The maximum Gasteiger partial charge on any atom is 0.313 e. The predicted molar refractivity (Wildman–Crippen MR) is 83.5 cm³/mol. The number of ether oxygens (including phenoxy) is 2. The molecule has 5 heteroatoms. The molecule has 0 radical (unpaired) electrons. The SMILES string of the molecule is CC(C)OC(=O)[C@H]1[C@H]2C(=O)N(C3CCCCC3)C[C@@]23C=C[C@H]1O3. The second-order valence-corrected chi connectivity index (χ2v) is 7.64. The second-order valence-electron chi connectivity index (χ2n) is 7.64. The fourth-order valence-corrected chi connectivity index (χ4v) is 4.81. The van der Waals surface area contributed by atoms with Crippen molar-refractivity contribution in [3.05, 3.63) is 12.2 Å². The van der Waals surface area contributed by atoms with E-state index in [0.29, 0.717) is 12.6 Å². The summed E-state index contributed by atoms with van der Waals surface area (Å²) in [6.45, 7) is 4.27. The summed E-state index contributed by atoms with van der Waals surface area (Å²) in [6.07, 6.45) is 9.26. The third kappa shape index (κ3) is 2.24. The van der Waals surface area contributed by atoms with Gasteiger partial charge in [-0.25, -0.2) is 0 Å². The monoisotopic (exact) mass is 319 g/mol. The first kappa shape index (κ1) is 15.2. The van der Waals surface area contributed by atoms with Crippen LogP contribution in [0.25, 0.3) is 0 Å². The van der Waals surface area contributed by atoms with Gasteiger partial charge in [-0.2, -0.15) is 0 Å².